The van der Waals surface area contributed by atoms with Gasteiger partial charge in [0.05, 0.1) is 13.4 Å². The van der Waals surface area contributed by atoms with Gasteiger partial charge >= 0.3 is 6.16 Å². The van der Waals surface area contributed by atoms with Gasteiger partial charge in [0.1, 0.15) is 0 Å². The summed E-state index contributed by atoms with van der Waals surface area (Å²) in [4.78, 5) is 13.2. The van der Waals surface area contributed by atoms with Gasteiger partial charge in [-0.2, -0.15) is 0 Å². The van der Waals surface area contributed by atoms with Crippen molar-refractivity contribution in [2.24, 2.45) is 5.92 Å². The van der Waals surface area contributed by atoms with E-state index in [0.29, 0.717) is 6.04 Å². The predicted molar refractivity (Wildman–Crippen MR) is 66.0 cm³/mol. The number of imidazole rings is 1. The minimum Gasteiger partial charge on any atom is -0.450 e. The van der Waals surface area contributed by atoms with Crippen LogP contribution in [-0.2, 0) is 4.74 Å². The van der Waals surface area contributed by atoms with Crippen molar-refractivity contribution in [3.8, 4) is 0 Å². The van der Waals surface area contributed by atoms with Crippen molar-refractivity contribution in [1.82, 2.24) is 9.55 Å². The van der Waals surface area contributed by atoms with Gasteiger partial charge < -0.3 is 14.4 Å². The first-order valence-corrected chi connectivity index (χ1v) is 5.75. The Morgan fingerprint density at radius 3 is 2.41 bits per heavy atom. The molecule has 0 saturated heterocycles. The van der Waals surface area contributed by atoms with Crippen LogP contribution >= 0.6 is 0 Å². The molecule has 1 aromatic heterocycles. The molecule has 5 heteroatoms. The molecule has 0 amide bonds. The number of aromatic nitrogens is 2. The summed E-state index contributed by atoms with van der Waals surface area (Å²) in [5.41, 5.74) is 0. The van der Waals surface area contributed by atoms with E-state index in [1.54, 1.807) is 0 Å². The highest BCUT2D eigenvalue weighted by Gasteiger charge is 2.09. The maximum absolute atomic E-state index is 9.15. The molecule has 0 aliphatic rings. The molecule has 0 aliphatic carbocycles. The largest absolute Gasteiger partial charge is 0.505 e. The van der Waals surface area contributed by atoms with Crippen molar-refractivity contribution >= 4 is 6.16 Å². The van der Waals surface area contributed by atoms with E-state index < -0.39 is 6.16 Å². The van der Waals surface area contributed by atoms with E-state index in [0.717, 1.165) is 13.0 Å². The number of hydrogen-bond donors (Lipinski definition) is 1. The molecule has 0 saturated carbocycles. The molecule has 1 aromatic rings. The van der Waals surface area contributed by atoms with Crippen molar-refractivity contribution in [3.63, 3.8) is 0 Å². The topological polar surface area (TPSA) is 64.4 Å². The molecule has 17 heavy (non-hydrogen) atoms. The van der Waals surface area contributed by atoms with Crippen molar-refractivity contribution < 1.29 is 14.6 Å². The second kappa shape index (κ2) is 8.61. The van der Waals surface area contributed by atoms with Crippen LogP contribution in [0.1, 0.15) is 39.7 Å². The first kappa shape index (κ1) is 15.5. The van der Waals surface area contributed by atoms with Gasteiger partial charge in [-0.25, -0.2) is 9.78 Å². The third-order valence-corrected chi connectivity index (χ3v) is 2.34. The summed E-state index contributed by atoms with van der Waals surface area (Å²) in [6.07, 6.45) is 7.00. The SMILES string of the molecule is CCC(CC(C)C)n1ccnc1.COC(=O)O. The van der Waals surface area contributed by atoms with Gasteiger partial charge in [-0.15, -0.1) is 0 Å². The van der Waals surface area contributed by atoms with Gasteiger partial charge in [-0.1, -0.05) is 20.8 Å². The zero-order valence-electron chi connectivity index (χ0n) is 11.0. The van der Waals surface area contributed by atoms with E-state index >= 15 is 0 Å². The molecule has 0 radical (unpaired) electrons. The molecule has 1 N–H and O–H groups in total. The Labute approximate surface area is 102 Å². The molecule has 0 bridgehead atoms. The Morgan fingerprint density at radius 1 is 1.53 bits per heavy atom. The van der Waals surface area contributed by atoms with Crippen LogP contribution in [0.4, 0.5) is 4.79 Å². The molecule has 0 aliphatic heterocycles. The van der Waals surface area contributed by atoms with Gasteiger partial charge in [0, 0.05) is 18.4 Å². The van der Waals surface area contributed by atoms with E-state index in [2.05, 4.69) is 41.3 Å². The molecule has 1 rings (SSSR count). The highest BCUT2D eigenvalue weighted by molar-refractivity contribution is 5.56. The molecule has 5 nitrogen and oxygen atoms in total. The summed E-state index contributed by atoms with van der Waals surface area (Å²) in [5, 5.41) is 7.50. The van der Waals surface area contributed by atoms with Crippen LogP contribution in [0, 0.1) is 5.92 Å². The summed E-state index contributed by atoms with van der Waals surface area (Å²) in [5.74, 6) is 0.761. The lowest BCUT2D eigenvalue weighted by Gasteiger charge is -2.18. The fourth-order valence-electron chi connectivity index (χ4n) is 1.53. The lowest BCUT2D eigenvalue weighted by atomic mass is 10.0. The number of carboxylic acid groups (broad SMARTS) is 1. The number of methoxy groups -OCH3 is 1. The fraction of sp³-hybridized carbons (Fsp3) is 0.667. The van der Waals surface area contributed by atoms with Crippen LogP contribution in [0.15, 0.2) is 18.7 Å². The molecular formula is C12H22N2O3. The van der Waals surface area contributed by atoms with Crippen molar-refractivity contribution in [1.29, 1.82) is 0 Å². The number of rotatable bonds is 4. The zero-order chi connectivity index (χ0) is 13.3. The van der Waals surface area contributed by atoms with E-state index in [1.807, 2.05) is 12.5 Å². The summed E-state index contributed by atoms with van der Waals surface area (Å²) < 4.78 is 5.88. The molecule has 98 valence electrons. The van der Waals surface area contributed by atoms with Crippen LogP contribution in [0.3, 0.4) is 0 Å². The lowest BCUT2D eigenvalue weighted by Crippen LogP contribution is -2.08. The van der Waals surface area contributed by atoms with E-state index in [-0.39, 0.29) is 0 Å². The molecule has 1 heterocycles. The first-order chi connectivity index (χ1) is 8.01. The standard InChI is InChI=1S/C10H18N2.C2H4O3/c1-4-10(7-9(2)3)12-6-5-11-8-12;1-5-2(3)4/h5-6,8-10H,4,7H2,1-3H3;1H3,(H,3,4). The highest BCUT2D eigenvalue weighted by atomic mass is 16.6. The molecule has 0 spiro atoms. The normalized spacial score (nSPS) is 11.6. The average molecular weight is 242 g/mol. The van der Waals surface area contributed by atoms with Gasteiger partial charge in [0.2, 0.25) is 0 Å². The maximum Gasteiger partial charge on any atom is 0.505 e. The van der Waals surface area contributed by atoms with Crippen LogP contribution in [0.25, 0.3) is 0 Å². The summed E-state index contributed by atoms with van der Waals surface area (Å²) >= 11 is 0. The minimum atomic E-state index is -1.25. The third kappa shape index (κ3) is 7.38. The number of carbonyl (C=O) groups is 1. The van der Waals surface area contributed by atoms with E-state index in [1.165, 1.54) is 12.8 Å². The van der Waals surface area contributed by atoms with Gasteiger partial charge in [-0.05, 0) is 18.8 Å². The van der Waals surface area contributed by atoms with Crippen molar-refractivity contribution in [3.05, 3.63) is 18.7 Å². The third-order valence-electron chi connectivity index (χ3n) is 2.34. The average Bonchev–Trinajstić information content (AvgIpc) is 2.79. The van der Waals surface area contributed by atoms with E-state index in [9.17, 15) is 0 Å². The van der Waals surface area contributed by atoms with Crippen LogP contribution in [0.2, 0.25) is 0 Å². The van der Waals surface area contributed by atoms with Crippen molar-refractivity contribution in [2.45, 2.75) is 39.7 Å². The predicted octanol–water partition coefficient (Wildman–Crippen LogP) is 3.19. The summed E-state index contributed by atoms with van der Waals surface area (Å²) in [6, 6.07) is 0.632. The lowest BCUT2D eigenvalue weighted by molar-refractivity contribution is 0.114. The molecule has 1 unspecified atom stereocenters. The van der Waals surface area contributed by atoms with Crippen LogP contribution in [-0.4, -0.2) is 27.9 Å². The molecule has 1 atom stereocenters. The summed E-state index contributed by atoms with van der Waals surface area (Å²) in [6.45, 7) is 6.76. The smallest absolute Gasteiger partial charge is 0.450 e. The Balaban J connectivity index is 0.000000437. The van der Waals surface area contributed by atoms with E-state index in [4.69, 9.17) is 9.90 Å². The van der Waals surface area contributed by atoms with Gasteiger partial charge in [0.25, 0.3) is 0 Å². The van der Waals surface area contributed by atoms with Gasteiger partial charge in [0.15, 0.2) is 0 Å². The Kier molecular flexibility index (Phi) is 7.84. The summed E-state index contributed by atoms with van der Waals surface area (Å²) in [7, 11) is 1.10. The minimum absolute atomic E-state index is 0.632. The highest BCUT2D eigenvalue weighted by Crippen LogP contribution is 2.19. The fourth-order valence-corrected chi connectivity index (χ4v) is 1.53. The van der Waals surface area contributed by atoms with Gasteiger partial charge in [-0.3, -0.25) is 0 Å². The maximum atomic E-state index is 9.15. The molecule has 0 aromatic carbocycles. The first-order valence-electron chi connectivity index (χ1n) is 5.75. The monoisotopic (exact) mass is 242 g/mol. The van der Waals surface area contributed by atoms with Crippen LogP contribution in [0.5, 0.6) is 0 Å². The second-order valence-electron chi connectivity index (χ2n) is 4.17. The number of ether oxygens (including phenoxy) is 1. The Morgan fingerprint density at radius 2 is 2.12 bits per heavy atom. The Hall–Kier alpha value is -1.52. The second-order valence-corrected chi connectivity index (χ2v) is 4.17. The Bertz CT molecular complexity index is 297. The zero-order valence-corrected chi connectivity index (χ0v) is 11.0. The van der Waals surface area contributed by atoms with Crippen LogP contribution < -0.4 is 0 Å². The molecule has 0 fully saturated rings. The number of nitrogens with zero attached hydrogens (tertiary/aromatic N) is 2. The quantitative estimate of drug-likeness (QED) is 0.823. The number of hydrogen-bond acceptors (Lipinski definition) is 3. The van der Waals surface area contributed by atoms with Crippen molar-refractivity contribution in [2.75, 3.05) is 7.11 Å². The molecular weight excluding hydrogens is 220 g/mol.